The van der Waals surface area contributed by atoms with Crippen LogP contribution in [0.5, 0.6) is 0 Å². The molecule has 0 bridgehead atoms. The number of carbonyl (C=O) groups is 1. The third kappa shape index (κ3) is 3.70. The molecule has 2 aromatic heterocycles. The molecule has 1 N–H and O–H groups in total. The summed E-state index contributed by atoms with van der Waals surface area (Å²) in [4.78, 5) is 15.1. The van der Waals surface area contributed by atoms with Crippen molar-refractivity contribution in [1.82, 2.24) is 14.7 Å². The van der Waals surface area contributed by atoms with E-state index in [9.17, 15) is 4.79 Å². The summed E-state index contributed by atoms with van der Waals surface area (Å²) in [6.07, 6.45) is 10.2. The smallest absolute Gasteiger partial charge is 0.241 e. The molecular weight excluding hydrogens is 328 g/mol. The minimum absolute atomic E-state index is 0.0556. The highest BCUT2D eigenvalue weighted by Crippen LogP contribution is 2.22. The number of piperidine rings is 1. The summed E-state index contributed by atoms with van der Waals surface area (Å²) in [5.74, 6) is 0.0556. The Hall–Kier alpha value is -2.86. The zero-order valence-corrected chi connectivity index (χ0v) is 14.5. The van der Waals surface area contributed by atoms with Crippen LogP contribution in [-0.2, 0) is 11.3 Å². The number of furan rings is 1. The summed E-state index contributed by atoms with van der Waals surface area (Å²) in [5.41, 5.74) is 2.88. The molecule has 1 fully saturated rings. The fourth-order valence-corrected chi connectivity index (χ4v) is 3.44. The van der Waals surface area contributed by atoms with E-state index >= 15 is 0 Å². The van der Waals surface area contributed by atoms with Gasteiger partial charge in [0.05, 0.1) is 24.3 Å². The Balaban J connectivity index is 1.42. The number of aromatic nitrogens is 2. The van der Waals surface area contributed by atoms with Gasteiger partial charge in [0.1, 0.15) is 0 Å². The number of likely N-dealkylation sites (tertiary alicyclic amines) is 1. The standard InChI is InChI=1S/C20H22N4O2/c25-20(19-4-1-2-11-23(19)14-16-9-13-26-15-16)22-17-5-7-18(8-6-17)24-12-3-10-21-24/h3,5-10,12-13,15,19H,1-2,4,11,14H2,(H,22,25). The van der Waals surface area contributed by atoms with Crippen molar-refractivity contribution in [3.63, 3.8) is 0 Å². The quantitative estimate of drug-likeness (QED) is 0.765. The maximum atomic E-state index is 12.8. The number of anilines is 1. The molecule has 0 spiro atoms. The summed E-state index contributed by atoms with van der Waals surface area (Å²) >= 11 is 0. The molecule has 1 atom stereocenters. The lowest BCUT2D eigenvalue weighted by Gasteiger charge is -2.34. The number of nitrogens with zero attached hydrogens (tertiary/aromatic N) is 3. The van der Waals surface area contributed by atoms with E-state index in [1.54, 1.807) is 23.4 Å². The van der Waals surface area contributed by atoms with Crippen molar-refractivity contribution >= 4 is 11.6 Å². The van der Waals surface area contributed by atoms with E-state index in [1.807, 2.05) is 42.6 Å². The van der Waals surface area contributed by atoms with Gasteiger partial charge < -0.3 is 9.73 Å². The average Bonchev–Trinajstić information content (AvgIpc) is 3.37. The number of nitrogens with one attached hydrogen (secondary N) is 1. The van der Waals surface area contributed by atoms with Crippen molar-refractivity contribution in [2.45, 2.75) is 31.8 Å². The Morgan fingerprint density at radius 3 is 2.85 bits per heavy atom. The highest BCUT2D eigenvalue weighted by molar-refractivity contribution is 5.95. The molecule has 0 radical (unpaired) electrons. The summed E-state index contributed by atoms with van der Waals surface area (Å²) in [7, 11) is 0. The minimum Gasteiger partial charge on any atom is -0.472 e. The van der Waals surface area contributed by atoms with Gasteiger partial charge in [-0.15, -0.1) is 0 Å². The van der Waals surface area contributed by atoms with Crippen LogP contribution >= 0.6 is 0 Å². The first-order valence-electron chi connectivity index (χ1n) is 8.96. The molecular formula is C20H22N4O2. The SMILES string of the molecule is O=C(Nc1ccc(-n2cccn2)cc1)C1CCCCN1Cc1ccoc1. The van der Waals surface area contributed by atoms with Gasteiger partial charge >= 0.3 is 0 Å². The lowest BCUT2D eigenvalue weighted by Crippen LogP contribution is -2.46. The topological polar surface area (TPSA) is 63.3 Å². The van der Waals surface area contributed by atoms with Crippen molar-refractivity contribution < 1.29 is 9.21 Å². The van der Waals surface area contributed by atoms with Crippen molar-refractivity contribution in [3.05, 3.63) is 66.9 Å². The van der Waals surface area contributed by atoms with Crippen LogP contribution in [0.2, 0.25) is 0 Å². The number of benzene rings is 1. The molecule has 134 valence electrons. The molecule has 4 rings (SSSR count). The van der Waals surface area contributed by atoms with Crippen LogP contribution in [0, 0.1) is 0 Å². The molecule has 0 aliphatic carbocycles. The summed E-state index contributed by atoms with van der Waals surface area (Å²) in [5, 5.41) is 7.27. The molecule has 1 unspecified atom stereocenters. The molecule has 0 saturated carbocycles. The summed E-state index contributed by atoms with van der Waals surface area (Å²) < 4.78 is 6.95. The number of carbonyl (C=O) groups excluding carboxylic acids is 1. The highest BCUT2D eigenvalue weighted by atomic mass is 16.3. The fraction of sp³-hybridized carbons (Fsp3) is 0.300. The van der Waals surface area contributed by atoms with Crippen molar-refractivity contribution in [2.75, 3.05) is 11.9 Å². The zero-order valence-electron chi connectivity index (χ0n) is 14.5. The maximum Gasteiger partial charge on any atom is 0.241 e. The van der Waals surface area contributed by atoms with E-state index in [1.165, 1.54) is 0 Å². The summed E-state index contributed by atoms with van der Waals surface area (Å²) in [6.45, 7) is 1.67. The van der Waals surface area contributed by atoms with Crippen molar-refractivity contribution in [1.29, 1.82) is 0 Å². The predicted molar refractivity (Wildman–Crippen MR) is 99.0 cm³/mol. The van der Waals surface area contributed by atoms with Crippen LogP contribution in [0.4, 0.5) is 5.69 Å². The second-order valence-electron chi connectivity index (χ2n) is 6.60. The first kappa shape index (κ1) is 16.6. The largest absolute Gasteiger partial charge is 0.472 e. The highest BCUT2D eigenvalue weighted by Gasteiger charge is 2.28. The second-order valence-corrected chi connectivity index (χ2v) is 6.60. The van der Waals surface area contributed by atoms with Crippen molar-refractivity contribution in [3.8, 4) is 5.69 Å². The molecule has 1 aliphatic heterocycles. The lowest BCUT2D eigenvalue weighted by atomic mass is 10.0. The van der Waals surface area contributed by atoms with E-state index in [4.69, 9.17) is 4.42 Å². The molecule has 26 heavy (non-hydrogen) atoms. The zero-order chi connectivity index (χ0) is 17.8. The van der Waals surface area contributed by atoms with Gasteiger partial charge in [-0.05, 0) is 55.8 Å². The molecule has 6 heteroatoms. The molecule has 6 nitrogen and oxygen atoms in total. The van der Waals surface area contributed by atoms with Crippen LogP contribution in [0.3, 0.4) is 0 Å². The van der Waals surface area contributed by atoms with Gasteiger partial charge in [0.2, 0.25) is 5.91 Å². The van der Waals surface area contributed by atoms with E-state index in [2.05, 4.69) is 15.3 Å². The number of rotatable bonds is 5. The van der Waals surface area contributed by atoms with Crippen LogP contribution in [-0.4, -0.2) is 33.2 Å². The van der Waals surface area contributed by atoms with Crippen LogP contribution < -0.4 is 5.32 Å². The first-order valence-corrected chi connectivity index (χ1v) is 8.96. The molecule has 3 heterocycles. The molecule has 1 amide bonds. The first-order chi connectivity index (χ1) is 12.8. The van der Waals surface area contributed by atoms with Crippen molar-refractivity contribution in [2.24, 2.45) is 0 Å². The summed E-state index contributed by atoms with van der Waals surface area (Å²) in [6, 6.07) is 11.5. The third-order valence-corrected chi connectivity index (χ3v) is 4.79. The Morgan fingerprint density at radius 2 is 2.12 bits per heavy atom. The third-order valence-electron chi connectivity index (χ3n) is 4.79. The van der Waals surface area contributed by atoms with Gasteiger partial charge in [-0.2, -0.15) is 5.10 Å². The molecule has 3 aromatic rings. The van der Waals surface area contributed by atoms with Gasteiger partial charge in [0.25, 0.3) is 0 Å². The normalized spacial score (nSPS) is 17.9. The number of hydrogen-bond acceptors (Lipinski definition) is 4. The monoisotopic (exact) mass is 350 g/mol. The maximum absolute atomic E-state index is 12.8. The predicted octanol–water partition coefficient (Wildman–Crippen LogP) is 3.46. The Morgan fingerprint density at radius 1 is 1.23 bits per heavy atom. The Bertz CT molecular complexity index is 825. The average molecular weight is 350 g/mol. The minimum atomic E-state index is -0.107. The van der Waals surface area contributed by atoms with Gasteiger partial charge in [-0.1, -0.05) is 6.42 Å². The van der Waals surface area contributed by atoms with Gasteiger partial charge in [0.15, 0.2) is 0 Å². The Kier molecular flexibility index (Phi) is 4.84. The van der Waals surface area contributed by atoms with Crippen LogP contribution in [0.25, 0.3) is 5.69 Å². The fourth-order valence-electron chi connectivity index (χ4n) is 3.44. The number of hydrogen-bond donors (Lipinski definition) is 1. The van der Waals surface area contributed by atoms with Crippen LogP contribution in [0.1, 0.15) is 24.8 Å². The molecule has 1 aliphatic rings. The second kappa shape index (κ2) is 7.58. The Labute approximate surface area is 152 Å². The molecule has 1 aromatic carbocycles. The number of amides is 1. The van der Waals surface area contributed by atoms with E-state index in [0.717, 1.165) is 49.3 Å². The van der Waals surface area contributed by atoms with E-state index in [-0.39, 0.29) is 11.9 Å². The van der Waals surface area contributed by atoms with Gasteiger partial charge in [0, 0.05) is 30.2 Å². The van der Waals surface area contributed by atoms with Crippen LogP contribution in [0.15, 0.2) is 65.7 Å². The van der Waals surface area contributed by atoms with Gasteiger partial charge in [-0.3, -0.25) is 9.69 Å². The lowest BCUT2D eigenvalue weighted by molar-refractivity contribution is -0.122. The van der Waals surface area contributed by atoms with E-state index < -0.39 is 0 Å². The van der Waals surface area contributed by atoms with E-state index in [0.29, 0.717) is 0 Å². The molecule has 1 saturated heterocycles. The van der Waals surface area contributed by atoms with Gasteiger partial charge in [-0.25, -0.2) is 4.68 Å².